The second-order valence-corrected chi connectivity index (χ2v) is 11.9. The third kappa shape index (κ3) is 5.40. The second kappa shape index (κ2) is 10.6. The van der Waals surface area contributed by atoms with E-state index in [9.17, 15) is 13.2 Å². The van der Waals surface area contributed by atoms with E-state index in [0.29, 0.717) is 18.5 Å². The molecule has 0 unspecified atom stereocenters. The molecule has 37 heavy (non-hydrogen) atoms. The van der Waals surface area contributed by atoms with E-state index in [1.54, 1.807) is 13.0 Å². The SMILES string of the molecule is Cc1ccc(/C=C/c2onc(C)c2S(=O)(=O)N2CCC(C(=O)N[C@H]3CCCc4ccccc43)CC2)cc1. The zero-order valence-electron chi connectivity index (χ0n) is 21.3. The molecule has 1 aliphatic heterocycles. The molecule has 0 saturated carbocycles. The van der Waals surface area contributed by atoms with Gasteiger partial charge in [-0.25, -0.2) is 8.42 Å². The predicted molar refractivity (Wildman–Crippen MR) is 143 cm³/mol. The summed E-state index contributed by atoms with van der Waals surface area (Å²) >= 11 is 0. The van der Waals surface area contributed by atoms with E-state index in [2.05, 4.69) is 22.6 Å². The Hall–Kier alpha value is -3.23. The van der Waals surface area contributed by atoms with Crippen LogP contribution in [0.25, 0.3) is 12.2 Å². The van der Waals surface area contributed by atoms with E-state index in [1.807, 2.05) is 49.4 Å². The van der Waals surface area contributed by atoms with Crippen LogP contribution in [0.1, 0.15) is 65.4 Å². The molecule has 1 amide bonds. The van der Waals surface area contributed by atoms with Gasteiger partial charge in [0, 0.05) is 19.0 Å². The lowest BCUT2D eigenvalue weighted by atomic mass is 9.87. The number of aromatic nitrogens is 1. The minimum atomic E-state index is -3.81. The third-order valence-corrected chi connectivity index (χ3v) is 9.50. The van der Waals surface area contributed by atoms with Gasteiger partial charge < -0.3 is 9.84 Å². The van der Waals surface area contributed by atoms with Crippen molar-refractivity contribution in [2.75, 3.05) is 13.1 Å². The van der Waals surface area contributed by atoms with Gasteiger partial charge in [0.2, 0.25) is 15.9 Å². The summed E-state index contributed by atoms with van der Waals surface area (Å²) in [7, 11) is -3.81. The number of piperidine rings is 1. The maximum atomic E-state index is 13.6. The predicted octanol–water partition coefficient (Wildman–Crippen LogP) is 5.06. The first-order valence-electron chi connectivity index (χ1n) is 12.9. The number of hydrogen-bond acceptors (Lipinski definition) is 5. The topological polar surface area (TPSA) is 92.5 Å². The highest BCUT2D eigenvalue weighted by molar-refractivity contribution is 7.89. The van der Waals surface area contributed by atoms with Gasteiger partial charge in [-0.3, -0.25) is 4.79 Å². The van der Waals surface area contributed by atoms with Crippen LogP contribution in [-0.2, 0) is 21.2 Å². The lowest BCUT2D eigenvalue weighted by Gasteiger charge is -2.32. The third-order valence-electron chi connectivity index (χ3n) is 7.45. The first kappa shape index (κ1) is 25.4. The van der Waals surface area contributed by atoms with Crippen LogP contribution in [0, 0.1) is 19.8 Å². The molecule has 7 nitrogen and oxygen atoms in total. The van der Waals surface area contributed by atoms with Crippen molar-refractivity contribution in [2.24, 2.45) is 5.92 Å². The monoisotopic (exact) mass is 519 g/mol. The van der Waals surface area contributed by atoms with E-state index in [0.717, 1.165) is 30.4 Å². The van der Waals surface area contributed by atoms with Crippen molar-refractivity contribution in [3.63, 3.8) is 0 Å². The number of amides is 1. The van der Waals surface area contributed by atoms with Crippen molar-refractivity contribution < 1.29 is 17.7 Å². The number of carbonyl (C=O) groups is 1. The summed E-state index contributed by atoms with van der Waals surface area (Å²) < 4.78 is 34.0. The number of hydrogen-bond donors (Lipinski definition) is 1. The molecule has 5 rings (SSSR count). The summed E-state index contributed by atoms with van der Waals surface area (Å²) in [4.78, 5) is 13.2. The quantitative estimate of drug-likeness (QED) is 0.492. The van der Waals surface area contributed by atoms with E-state index < -0.39 is 10.0 Å². The molecule has 194 valence electrons. The van der Waals surface area contributed by atoms with E-state index in [4.69, 9.17) is 4.52 Å². The zero-order valence-corrected chi connectivity index (χ0v) is 22.1. The normalized spacial score (nSPS) is 19.1. The van der Waals surface area contributed by atoms with Crippen LogP contribution in [0.15, 0.2) is 57.9 Å². The van der Waals surface area contributed by atoms with Crippen molar-refractivity contribution in [3.8, 4) is 0 Å². The van der Waals surface area contributed by atoms with Gasteiger partial charge in [0.1, 0.15) is 5.69 Å². The van der Waals surface area contributed by atoms with Gasteiger partial charge in [-0.05, 0) is 68.7 Å². The molecular formula is C29H33N3O4S. The highest BCUT2D eigenvalue weighted by Gasteiger charge is 2.36. The molecule has 1 aromatic heterocycles. The van der Waals surface area contributed by atoms with Crippen LogP contribution in [0.2, 0.25) is 0 Å². The first-order valence-corrected chi connectivity index (χ1v) is 14.4. The minimum Gasteiger partial charge on any atom is -0.355 e. The lowest BCUT2D eigenvalue weighted by Crippen LogP contribution is -2.44. The zero-order chi connectivity index (χ0) is 26.0. The fourth-order valence-corrected chi connectivity index (χ4v) is 7.05. The van der Waals surface area contributed by atoms with Gasteiger partial charge in [0.05, 0.1) is 6.04 Å². The Labute approximate surface area is 218 Å². The molecule has 1 atom stereocenters. The van der Waals surface area contributed by atoms with Gasteiger partial charge in [-0.2, -0.15) is 4.31 Å². The molecule has 2 aromatic carbocycles. The Kier molecular flexibility index (Phi) is 7.31. The Balaban J connectivity index is 1.25. The van der Waals surface area contributed by atoms with Crippen molar-refractivity contribution in [2.45, 2.75) is 56.9 Å². The summed E-state index contributed by atoms with van der Waals surface area (Å²) in [5.41, 5.74) is 4.93. The van der Waals surface area contributed by atoms with Crippen LogP contribution >= 0.6 is 0 Å². The highest BCUT2D eigenvalue weighted by atomic mass is 32.2. The van der Waals surface area contributed by atoms with Crippen LogP contribution in [-0.4, -0.2) is 36.9 Å². The number of aryl methyl sites for hydroxylation is 3. The molecular weight excluding hydrogens is 486 g/mol. The average Bonchev–Trinajstić information content (AvgIpc) is 3.29. The number of carbonyl (C=O) groups excluding carboxylic acids is 1. The van der Waals surface area contributed by atoms with Crippen molar-refractivity contribution >= 4 is 28.1 Å². The van der Waals surface area contributed by atoms with E-state index in [-0.39, 0.29) is 41.6 Å². The number of benzene rings is 2. The van der Waals surface area contributed by atoms with Crippen LogP contribution < -0.4 is 5.32 Å². The van der Waals surface area contributed by atoms with Gasteiger partial charge in [0.15, 0.2) is 10.7 Å². The Bertz CT molecular complexity index is 1400. The van der Waals surface area contributed by atoms with Gasteiger partial charge in [-0.15, -0.1) is 0 Å². The summed E-state index contributed by atoms with van der Waals surface area (Å²) in [6.07, 6.45) is 7.47. The Morgan fingerprint density at radius 3 is 2.51 bits per heavy atom. The molecule has 1 saturated heterocycles. The summed E-state index contributed by atoms with van der Waals surface area (Å²) in [6, 6.07) is 16.2. The van der Waals surface area contributed by atoms with Gasteiger partial charge in [0.25, 0.3) is 0 Å². The molecule has 3 aromatic rings. The summed E-state index contributed by atoms with van der Waals surface area (Å²) in [5.74, 6) is 0.0283. The molecule has 1 fully saturated rings. The number of fused-ring (bicyclic) bond motifs is 1. The molecule has 0 radical (unpaired) electrons. The van der Waals surface area contributed by atoms with Crippen molar-refractivity contribution in [1.29, 1.82) is 0 Å². The number of nitrogens with zero attached hydrogens (tertiary/aromatic N) is 2. The number of nitrogens with one attached hydrogen (secondary N) is 1. The Morgan fingerprint density at radius 2 is 1.76 bits per heavy atom. The van der Waals surface area contributed by atoms with E-state index >= 15 is 0 Å². The van der Waals surface area contributed by atoms with Crippen LogP contribution in [0.3, 0.4) is 0 Å². The van der Waals surface area contributed by atoms with Crippen LogP contribution in [0.4, 0.5) is 0 Å². The van der Waals surface area contributed by atoms with Crippen LogP contribution in [0.5, 0.6) is 0 Å². The summed E-state index contributed by atoms with van der Waals surface area (Å²) in [6.45, 7) is 4.22. The maximum absolute atomic E-state index is 13.6. The second-order valence-electron chi connectivity index (χ2n) is 10.0. The number of sulfonamides is 1. The van der Waals surface area contributed by atoms with Crippen molar-refractivity contribution in [1.82, 2.24) is 14.8 Å². The largest absolute Gasteiger partial charge is 0.355 e. The molecule has 8 heteroatoms. The van der Waals surface area contributed by atoms with Gasteiger partial charge >= 0.3 is 0 Å². The lowest BCUT2D eigenvalue weighted by molar-refractivity contribution is -0.127. The Morgan fingerprint density at radius 1 is 1.03 bits per heavy atom. The fourth-order valence-electron chi connectivity index (χ4n) is 5.33. The molecule has 0 spiro atoms. The average molecular weight is 520 g/mol. The first-order chi connectivity index (χ1) is 17.8. The van der Waals surface area contributed by atoms with Gasteiger partial charge in [-0.1, -0.05) is 65.3 Å². The maximum Gasteiger partial charge on any atom is 0.248 e. The summed E-state index contributed by atoms with van der Waals surface area (Å²) in [5, 5.41) is 7.17. The fraction of sp³-hybridized carbons (Fsp3) is 0.379. The van der Waals surface area contributed by atoms with Crippen molar-refractivity contribution in [3.05, 3.63) is 82.2 Å². The smallest absolute Gasteiger partial charge is 0.248 e. The van der Waals surface area contributed by atoms with E-state index in [1.165, 1.54) is 15.4 Å². The molecule has 2 heterocycles. The molecule has 2 aliphatic rings. The molecule has 0 bridgehead atoms. The molecule has 1 aliphatic carbocycles. The standard InChI is InChI=1S/C29H33N3O4S/c1-20-10-12-22(13-11-20)14-15-27-28(21(2)31-36-27)37(34,35)32-18-16-24(17-19-32)29(33)30-26-9-5-7-23-6-3-4-8-25(23)26/h3-4,6,8,10-15,24,26H,5,7,9,16-19H2,1-2H3,(H,30,33)/b15-14+/t26-/m0/s1. The number of rotatable bonds is 6. The highest BCUT2D eigenvalue weighted by Crippen LogP contribution is 2.32. The minimum absolute atomic E-state index is 0.0154. The molecule has 1 N–H and O–H groups in total.